The number of para-hydroxylation sites is 6. The molecule has 9 aromatic carbocycles. The number of fused-ring (bicyclic) bond motifs is 12. The topological polar surface area (TPSA) is 35.6 Å². The average Bonchev–Trinajstić information content (AvgIpc) is 4.08. The van der Waals surface area contributed by atoms with Gasteiger partial charge in [-0.15, -0.1) is 0 Å². The second kappa shape index (κ2) is 13.2. The molecule has 5 heteroatoms. The lowest BCUT2D eigenvalue weighted by Gasteiger charge is -2.30. The van der Waals surface area contributed by atoms with Gasteiger partial charge in [-0.1, -0.05) is 151 Å². The number of rotatable bonds is 5. The molecule has 2 aromatic heterocycles. The second-order valence-corrected chi connectivity index (χ2v) is 16.6. The van der Waals surface area contributed by atoms with Crippen LogP contribution in [0.15, 0.2) is 212 Å². The van der Waals surface area contributed by atoms with Gasteiger partial charge >= 0.3 is 0 Å². The van der Waals surface area contributed by atoms with Crippen molar-refractivity contribution in [2.45, 2.75) is 5.41 Å². The Bertz CT molecular complexity index is 3470. The van der Waals surface area contributed by atoms with E-state index >= 15 is 0 Å². The molecule has 0 radical (unpaired) electrons. The van der Waals surface area contributed by atoms with Crippen molar-refractivity contribution >= 4 is 35.4 Å². The highest BCUT2D eigenvalue weighted by molar-refractivity contribution is 6.36. The summed E-state index contributed by atoms with van der Waals surface area (Å²) < 4.78 is 4.60. The summed E-state index contributed by atoms with van der Waals surface area (Å²) in [6, 6.07) is 77.0. The van der Waals surface area contributed by atoms with Crippen LogP contribution < -0.4 is 5.46 Å². The third-order valence-corrected chi connectivity index (χ3v) is 13.3. The number of hydrogen-bond acceptors (Lipinski definition) is 2. The molecule has 0 fully saturated rings. The Labute approximate surface area is 360 Å². The zero-order valence-electron chi connectivity index (χ0n) is 34.0. The lowest BCUT2D eigenvalue weighted by molar-refractivity contribution is 0.794. The highest BCUT2D eigenvalue weighted by Gasteiger charge is 2.52. The van der Waals surface area contributed by atoms with Gasteiger partial charge in [0.15, 0.2) is 0 Å². The van der Waals surface area contributed by atoms with E-state index in [1.165, 1.54) is 55.5 Å². The Balaban J connectivity index is 1.14. The monoisotopic (exact) mass is 788 g/mol. The largest absolute Gasteiger partial charge is 0.292 e. The molecule has 2 heterocycles. The molecule has 2 aliphatic carbocycles. The maximum absolute atomic E-state index is 5.41. The van der Waals surface area contributed by atoms with Gasteiger partial charge in [0.05, 0.1) is 27.5 Å². The standard InChI is InChI=1S/C57H37BN4/c58-48-28-16-27-47-54(48)43-22-8-10-25-45(43)57(47)44-24-9-7-21-42(44)53-41(23-15-26-46(53)57)36-33-37(55-59-49-29-11-13-31-51(49)61(55)39-17-3-1-4-18-39)35-38(34-36)56-60-50-30-12-14-32-52(50)62(56)40-19-5-2-6-20-40/h1-35H,58H2. The maximum Gasteiger partial charge on any atom is 0.145 e. The van der Waals surface area contributed by atoms with Crippen LogP contribution in [0, 0.1) is 0 Å². The number of benzene rings is 9. The van der Waals surface area contributed by atoms with E-state index in [-0.39, 0.29) is 0 Å². The lowest BCUT2D eigenvalue weighted by atomic mass is 9.70. The molecule has 0 saturated carbocycles. The first-order chi connectivity index (χ1) is 30.7. The van der Waals surface area contributed by atoms with E-state index in [1.807, 2.05) is 0 Å². The molecule has 1 unspecified atom stereocenters. The summed E-state index contributed by atoms with van der Waals surface area (Å²) >= 11 is 0. The van der Waals surface area contributed by atoms with Gasteiger partial charge < -0.3 is 0 Å². The first-order valence-electron chi connectivity index (χ1n) is 21.3. The summed E-state index contributed by atoms with van der Waals surface area (Å²) in [6.07, 6.45) is 0. The van der Waals surface area contributed by atoms with Crippen LogP contribution in [0.5, 0.6) is 0 Å². The molecule has 4 nitrogen and oxygen atoms in total. The minimum absolute atomic E-state index is 0.455. The number of imidazole rings is 2. The van der Waals surface area contributed by atoms with Crippen molar-refractivity contribution in [1.29, 1.82) is 0 Å². The van der Waals surface area contributed by atoms with Crippen molar-refractivity contribution in [3.63, 3.8) is 0 Å². The molecule has 0 N–H and O–H groups in total. The fourth-order valence-corrected chi connectivity index (χ4v) is 10.8. The molecular weight excluding hydrogens is 751 g/mol. The molecule has 62 heavy (non-hydrogen) atoms. The number of aromatic nitrogens is 4. The van der Waals surface area contributed by atoms with Crippen LogP contribution in [0.3, 0.4) is 0 Å². The average molecular weight is 789 g/mol. The van der Waals surface area contributed by atoms with Gasteiger partial charge in [0, 0.05) is 22.5 Å². The quantitative estimate of drug-likeness (QED) is 0.163. The summed E-state index contributed by atoms with van der Waals surface area (Å²) in [7, 11) is 2.26. The smallest absolute Gasteiger partial charge is 0.145 e. The van der Waals surface area contributed by atoms with E-state index in [2.05, 4.69) is 229 Å². The normalized spacial score (nSPS) is 14.6. The maximum atomic E-state index is 5.41. The van der Waals surface area contributed by atoms with E-state index in [0.717, 1.165) is 61.8 Å². The summed E-state index contributed by atoms with van der Waals surface area (Å²) in [5.41, 5.74) is 21.8. The van der Waals surface area contributed by atoms with Crippen molar-refractivity contribution in [2.75, 3.05) is 0 Å². The van der Waals surface area contributed by atoms with E-state index in [9.17, 15) is 0 Å². The van der Waals surface area contributed by atoms with E-state index in [0.29, 0.717) is 0 Å². The summed E-state index contributed by atoms with van der Waals surface area (Å²) in [5.74, 6) is 1.75. The predicted octanol–water partition coefficient (Wildman–Crippen LogP) is 12.0. The molecule has 1 atom stereocenters. The van der Waals surface area contributed by atoms with Crippen LogP contribution in [0.2, 0.25) is 0 Å². The van der Waals surface area contributed by atoms with E-state index in [4.69, 9.17) is 9.97 Å². The Hall–Kier alpha value is -8.02. The molecule has 1 spiro atoms. The van der Waals surface area contributed by atoms with E-state index < -0.39 is 5.41 Å². The third kappa shape index (κ3) is 4.79. The minimum Gasteiger partial charge on any atom is -0.292 e. The van der Waals surface area contributed by atoms with Gasteiger partial charge in [0.1, 0.15) is 19.5 Å². The van der Waals surface area contributed by atoms with Gasteiger partial charge in [-0.2, -0.15) is 0 Å². The fraction of sp³-hybridized carbons (Fsp3) is 0.0175. The Morgan fingerprint density at radius 1 is 0.355 bits per heavy atom. The molecule has 11 aromatic rings. The van der Waals surface area contributed by atoms with Crippen molar-refractivity contribution in [1.82, 2.24) is 19.1 Å². The van der Waals surface area contributed by atoms with Crippen LogP contribution in [-0.2, 0) is 5.41 Å². The van der Waals surface area contributed by atoms with Crippen molar-refractivity contribution in [3.05, 3.63) is 235 Å². The second-order valence-electron chi connectivity index (χ2n) is 16.6. The molecule has 0 amide bonds. The first kappa shape index (κ1) is 34.8. The Morgan fingerprint density at radius 3 is 1.35 bits per heavy atom. The van der Waals surface area contributed by atoms with Crippen LogP contribution in [0.1, 0.15) is 22.3 Å². The molecular formula is C57H37BN4. The van der Waals surface area contributed by atoms with Gasteiger partial charge in [0.2, 0.25) is 0 Å². The Morgan fingerprint density at radius 2 is 0.774 bits per heavy atom. The molecule has 2 aliphatic rings. The SMILES string of the molecule is Bc1cccc2c1-c1ccccc1C21c2ccccc2-c2c(-c3cc(-c4nc5ccccc5n4-c4ccccc4)cc(-c4nc5ccccc5n4-c4ccccc4)c3)cccc21. The molecule has 0 saturated heterocycles. The molecule has 13 rings (SSSR count). The summed E-state index contributed by atoms with van der Waals surface area (Å²) in [4.78, 5) is 10.8. The fourth-order valence-electron chi connectivity index (χ4n) is 10.8. The van der Waals surface area contributed by atoms with Gasteiger partial charge in [-0.05, 0) is 122 Å². The van der Waals surface area contributed by atoms with Crippen molar-refractivity contribution in [2.24, 2.45) is 0 Å². The van der Waals surface area contributed by atoms with Gasteiger partial charge in [-0.3, -0.25) is 9.13 Å². The zero-order chi connectivity index (χ0) is 40.9. The predicted molar refractivity (Wildman–Crippen MR) is 256 cm³/mol. The third-order valence-electron chi connectivity index (χ3n) is 13.3. The zero-order valence-corrected chi connectivity index (χ0v) is 34.0. The van der Waals surface area contributed by atoms with Crippen molar-refractivity contribution in [3.8, 4) is 67.5 Å². The summed E-state index contributed by atoms with van der Waals surface area (Å²) in [6.45, 7) is 0. The minimum atomic E-state index is -0.455. The first-order valence-corrected chi connectivity index (χ1v) is 21.3. The number of hydrogen-bond donors (Lipinski definition) is 0. The molecule has 0 aliphatic heterocycles. The van der Waals surface area contributed by atoms with Crippen LogP contribution >= 0.6 is 0 Å². The van der Waals surface area contributed by atoms with Crippen molar-refractivity contribution < 1.29 is 0 Å². The number of nitrogens with zero attached hydrogens (tertiary/aromatic N) is 4. The lowest BCUT2D eigenvalue weighted by Crippen LogP contribution is -2.26. The Kier molecular flexibility index (Phi) is 7.43. The van der Waals surface area contributed by atoms with Crippen LogP contribution in [0.4, 0.5) is 0 Å². The highest BCUT2D eigenvalue weighted by Crippen LogP contribution is 2.63. The van der Waals surface area contributed by atoms with Gasteiger partial charge in [0.25, 0.3) is 0 Å². The van der Waals surface area contributed by atoms with E-state index in [1.54, 1.807) is 0 Å². The molecule has 288 valence electrons. The van der Waals surface area contributed by atoms with Gasteiger partial charge in [-0.25, -0.2) is 9.97 Å². The highest BCUT2D eigenvalue weighted by atomic mass is 15.1. The van der Waals surface area contributed by atoms with Crippen LogP contribution in [0.25, 0.3) is 89.6 Å². The summed E-state index contributed by atoms with van der Waals surface area (Å²) in [5, 5.41) is 0. The van der Waals surface area contributed by atoms with Crippen LogP contribution in [-0.4, -0.2) is 26.9 Å². The molecule has 0 bridgehead atoms.